The summed E-state index contributed by atoms with van der Waals surface area (Å²) in [5.41, 5.74) is 0.203. The highest BCUT2D eigenvalue weighted by Crippen LogP contribution is 2.10. The summed E-state index contributed by atoms with van der Waals surface area (Å²) in [7, 11) is 4.17. The van der Waals surface area contributed by atoms with Crippen LogP contribution in [0.3, 0.4) is 0 Å². The van der Waals surface area contributed by atoms with Crippen molar-refractivity contribution in [3.63, 3.8) is 0 Å². The Morgan fingerprint density at radius 2 is 1.67 bits per heavy atom. The average Bonchev–Trinajstić information content (AvgIpc) is 1.65. The van der Waals surface area contributed by atoms with Gasteiger partial charge >= 0.3 is 0 Å². The van der Waals surface area contributed by atoms with Gasteiger partial charge in [-0.05, 0) is 34.9 Å². The third-order valence-electron chi connectivity index (χ3n) is 1.73. The molecule has 0 saturated carbocycles. The van der Waals surface area contributed by atoms with E-state index in [9.17, 15) is 0 Å². The van der Waals surface area contributed by atoms with Crippen molar-refractivity contribution in [2.24, 2.45) is 0 Å². The van der Waals surface area contributed by atoms with Crippen molar-refractivity contribution in [2.45, 2.75) is 26.3 Å². The molecule has 0 N–H and O–H groups in total. The Hall–Kier alpha value is -0.300. The lowest BCUT2D eigenvalue weighted by Crippen LogP contribution is -2.35. The Kier molecular flexibility index (Phi) is 2.92. The second-order valence-corrected chi connectivity index (χ2v) is 3.05. The summed E-state index contributed by atoms with van der Waals surface area (Å²) in [5.74, 6) is 0. The fourth-order valence-electron chi connectivity index (χ4n) is 0.557. The number of hydrogen-bond donors (Lipinski definition) is 0. The Morgan fingerprint density at radius 1 is 1.22 bits per heavy atom. The smallest absolute Gasteiger partial charge is 0.0328 e. The lowest BCUT2D eigenvalue weighted by molar-refractivity contribution is 0.252. The Labute approximate surface area is 58.4 Å². The van der Waals surface area contributed by atoms with E-state index in [-0.39, 0.29) is 5.54 Å². The summed E-state index contributed by atoms with van der Waals surface area (Å²) in [4.78, 5) is 2.19. The van der Waals surface area contributed by atoms with Gasteiger partial charge in [-0.25, -0.2) is 0 Å². The Morgan fingerprint density at radius 3 is 1.78 bits per heavy atom. The third-order valence-corrected chi connectivity index (χ3v) is 1.73. The van der Waals surface area contributed by atoms with Gasteiger partial charge in [0.1, 0.15) is 0 Å². The summed E-state index contributed by atoms with van der Waals surface area (Å²) in [6.07, 6.45) is 4.27. The van der Waals surface area contributed by atoms with Crippen molar-refractivity contribution in [1.29, 1.82) is 0 Å². The van der Waals surface area contributed by atoms with Crippen molar-refractivity contribution in [2.75, 3.05) is 14.1 Å². The maximum absolute atomic E-state index is 2.19. The van der Waals surface area contributed by atoms with Gasteiger partial charge in [0, 0.05) is 5.54 Å². The molecule has 0 bridgehead atoms. The van der Waals surface area contributed by atoms with Crippen LogP contribution in [0, 0.1) is 0 Å². The van der Waals surface area contributed by atoms with E-state index < -0.39 is 0 Å². The van der Waals surface area contributed by atoms with Gasteiger partial charge in [0.2, 0.25) is 0 Å². The highest BCUT2D eigenvalue weighted by Gasteiger charge is 2.14. The van der Waals surface area contributed by atoms with Crippen LogP contribution in [0.4, 0.5) is 0 Å². The van der Waals surface area contributed by atoms with Gasteiger partial charge in [-0.2, -0.15) is 0 Å². The predicted molar refractivity (Wildman–Crippen MR) is 42.6 cm³/mol. The van der Waals surface area contributed by atoms with E-state index in [1.807, 2.05) is 6.92 Å². The van der Waals surface area contributed by atoms with E-state index in [2.05, 4.69) is 45.0 Å². The topological polar surface area (TPSA) is 3.24 Å². The molecule has 0 aromatic heterocycles. The van der Waals surface area contributed by atoms with Crippen LogP contribution >= 0.6 is 0 Å². The monoisotopic (exact) mass is 127 g/mol. The van der Waals surface area contributed by atoms with E-state index in [0.29, 0.717) is 0 Å². The van der Waals surface area contributed by atoms with E-state index in [0.717, 1.165) is 0 Å². The first-order valence-electron chi connectivity index (χ1n) is 3.32. The molecule has 0 aliphatic carbocycles. The quantitative estimate of drug-likeness (QED) is 0.512. The minimum absolute atomic E-state index is 0.203. The minimum Gasteiger partial charge on any atom is -0.301 e. The number of allylic oxidation sites excluding steroid dienone is 1. The van der Waals surface area contributed by atoms with Crippen LogP contribution in [0.15, 0.2) is 12.2 Å². The lowest BCUT2D eigenvalue weighted by atomic mass is 10.0. The van der Waals surface area contributed by atoms with Crippen LogP contribution in [0.1, 0.15) is 20.8 Å². The van der Waals surface area contributed by atoms with Crippen LogP contribution in [0.5, 0.6) is 0 Å². The zero-order valence-corrected chi connectivity index (χ0v) is 7.10. The summed E-state index contributed by atoms with van der Waals surface area (Å²) >= 11 is 0. The average molecular weight is 127 g/mol. The maximum Gasteiger partial charge on any atom is 0.0328 e. The molecule has 0 amide bonds. The molecule has 0 atom stereocenters. The largest absolute Gasteiger partial charge is 0.301 e. The molecule has 0 aromatic rings. The number of nitrogens with zero attached hydrogens (tertiary/aromatic N) is 1. The summed E-state index contributed by atoms with van der Waals surface area (Å²) in [5, 5.41) is 0. The molecule has 1 heteroatoms. The summed E-state index contributed by atoms with van der Waals surface area (Å²) < 4.78 is 0. The van der Waals surface area contributed by atoms with E-state index in [1.165, 1.54) is 0 Å². The minimum atomic E-state index is 0.203. The maximum atomic E-state index is 2.19. The number of likely N-dealkylation sites (N-methyl/N-ethyl adjacent to an activating group) is 1. The van der Waals surface area contributed by atoms with E-state index in [1.54, 1.807) is 0 Å². The van der Waals surface area contributed by atoms with Crippen molar-refractivity contribution in [1.82, 2.24) is 4.90 Å². The second kappa shape index (κ2) is 3.02. The van der Waals surface area contributed by atoms with Gasteiger partial charge < -0.3 is 4.90 Å². The molecular weight excluding hydrogens is 110 g/mol. The van der Waals surface area contributed by atoms with Crippen molar-refractivity contribution >= 4 is 0 Å². The molecule has 0 spiro atoms. The van der Waals surface area contributed by atoms with Crippen LogP contribution in [0.25, 0.3) is 0 Å². The standard InChI is InChI=1S/C8H17N/c1-6-7-8(2,3)9(4)5/h6-7H,1-5H3/b7-6+. The van der Waals surface area contributed by atoms with Crippen molar-refractivity contribution < 1.29 is 0 Å². The molecule has 0 aromatic carbocycles. The van der Waals surface area contributed by atoms with Crippen LogP contribution in [-0.4, -0.2) is 24.5 Å². The highest BCUT2D eigenvalue weighted by molar-refractivity contribution is 4.99. The predicted octanol–water partition coefficient (Wildman–Crippen LogP) is 1.90. The van der Waals surface area contributed by atoms with Crippen molar-refractivity contribution in [3.05, 3.63) is 12.2 Å². The third kappa shape index (κ3) is 2.66. The van der Waals surface area contributed by atoms with Gasteiger partial charge in [0.25, 0.3) is 0 Å². The van der Waals surface area contributed by atoms with E-state index >= 15 is 0 Å². The van der Waals surface area contributed by atoms with Crippen LogP contribution in [-0.2, 0) is 0 Å². The molecule has 0 radical (unpaired) electrons. The zero-order valence-electron chi connectivity index (χ0n) is 7.10. The van der Waals surface area contributed by atoms with Gasteiger partial charge in [-0.1, -0.05) is 12.2 Å². The lowest BCUT2D eigenvalue weighted by Gasteiger charge is -2.28. The van der Waals surface area contributed by atoms with Gasteiger partial charge in [-0.15, -0.1) is 0 Å². The summed E-state index contributed by atoms with van der Waals surface area (Å²) in [6, 6.07) is 0. The number of hydrogen-bond acceptors (Lipinski definition) is 1. The number of rotatable bonds is 2. The molecule has 0 saturated heterocycles. The molecule has 1 nitrogen and oxygen atoms in total. The first-order chi connectivity index (χ1) is 4.00. The molecule has 0 heterocycles. The van der Waals surface area contributed by atoms with Crippen LogP contribution < -0.4 is 0 Å². The molecule has 9 heavy (non-hydrogen) atoms. The fourth-order valence-corrected chi connectivity index (χ4v) is 0.557. The molecule has 0 aliphatic rings. The SMILES string of the molecule is C/C=C/C(C)(C)N(C)C. The van der Waals surface area contributed by atoms with Crippen LogP contribution in [0.2, 0.25) is 0 Å². The molecular formula is C8H17N. The summed E-state index contributed by atoms with van der Waals surface area (Å²) in [6.45, 7) is 6.42. The molecule has 0 fully saturated rings. The first kappa shape index (κ1) is 8.70. The first-order valence-corrected chi connectivity index (χ1v) is 3.32. The molecule has 0 aliphatic heterocycles. The zero-order chi connectivity index (χ0) is 7.49. The molecule has 0 rings (SSSR count). The van der Waals surface area contributed by atoms with E-state index in [4.69, 9.17) is 0 Å². The fraction of sp³-hybridized carbons (Fsp3) is 0.750. The van der Waals surface area contributed by atoms with Gasteiger partial charge in [0.05, 0.1) is 0 Å². The van der Waals surface area contributed by atoms with Gasteiger partial charge in [-0.3, -0.25) is 0 Å². The molecule has 54 valence electrons. The van der Waals surface area contributed by atoms with Gasteiger partial charge in [0.15, 0.2) is 0 Å². The normalized spacial score (nSPS) is 13.6. The Balaban J connectivity index is 4.01. The highest BCUT2D eigenvalue weighted by atomic mass is 15.1. The van der Waals surface area contributed by atoms with Crippen molar-refractivity contribution in [3.8, 4) is 0 Å². The Bertz CT molecular complexity index is 101. The second-order valence-electron chi connectivity index (χ2n) is 3.05. The molecule has 0 unspecified atom stereocenters.